The number of imidazole rings is 1. The summed E-state index contributed by atoms with van der Waals surface area (Å²) in [5, 5.41) is 1.18. The maximum Gasteiger partial charge on any atom is 0.180 e. The number of fused-ring (bicyclic) bond motifs is 2. The molecule has 0 aliphatic heterocycles. The van der Waals surface area contributed by atoms with E-state index in [9.17, 15) is 0 Å². The zero-order valence-corrected chi connectivity index (χ0v) is 11.9. The molecule has 4 N–H and O–H groups in total. The van der Waals surface area contributed by atoms with E-state index in [4.69, 9.17) is 5.73 Å². The number of hydrogen-bond acceptors (Lipinski definition) is 3. The lowest BCUT2D eigenvalue weighted by Gasteiger charge is -2.01. The van der Waals surface area contributed by atoms with Gasteiger partial charge in [-0.2, -0.15) is 0 Å². The van der Waals surface area contributed by atoms with E-state index in [0.717, 1.165) is 28.1 Å². The molecule has 104 valence electrons. The third-order valence-electron chi connectivity index (χ3n) is 3.67. The smallest absolute Gasteiger partial charge is 0.180 e. The molecule has 0 unspecified atom stereocenters. The average molecular weight is 277 g/mol. The molecule has 0 saturated heterocycles. The van der Waals surface area contributed by atoms with Gasteiger partial charge in [-0.15, -0.1) is 0 Å². The Morgan fingerprint density at radius 3 is 2.71 bits per heavy atom. The second-order valence-corrected chi connectivity index (χ2v) is 5.39. The first-order chi connectivity index (χ1) is 10.1. The summed E-state index contributed by atoms with van der Waals surface area (Å²) < 4.78 is 0. The minimum Gasteiger partial charge on any atom is -0.384 e. The first-order valence-corrected chi connectivity index (χ1v) is 6.83. The highest BCUT2D eigenvalue weighted by Crippen LogP contribution is 2.30. The lowest BCUT2D eigenvalue weighted by molar-refractivity contribution is 1.16. The standard InChI is InChI=1S/C16H15N5/c1-8-3-4-10-6-13(20-12(10)5-8)11-7-14(17)21-16-15(11)18-9(2)19-16/h3-7,20H,1-2H3,(H3,17,18,19,21). The Bertz CT molecular complexity index is 977. The molecule has 0 bridgehead atoms. The third kappa shape index (κ3) is 1.86. The van der Waals surface area contributed by atoms with Crippen molar-refractivity contribution in [3.63, 3.8) is 0 Å². The highest BCUT2D eigenvalue weighted by atomic mass is 15.0. The minimum atomic E-state index is 0.471. The van der Waals surface area contributed by atoms with Crippen LogP contribution in [-0.4, -0.2) is 19.9 Å². The quantitative estimate of drug-likeness (QED) is 0.499. The predicted molar refractivity (Wildman–Crippen MR) is 85.1 cm³/mol. The van der Waals surface area contributed by atoms with Crippen LogP contribution in [0, 0.1) is 13.8 Å². The lowest BCUT2D eigenvalue weighted by atomic mass is 10.1. The van der Waals surface area contributed by atoms with Crippen LogP contribution in [-0.2, 0) is 0 Å². The van der Waals surface area contributed by atoms with Gasteiger partial charge in [0.1, 0.15) is 11.6 Å². The minimum absolute atomic E-state index is 0.471. The summed E-state index contributed by atoms with van der Waals surface area (Å²) in [6.07, 6.45) is 0. The lowest BCUT2D eigenvalue weighted by Crippen LogP contribution is -1.92. The molecule has 4 rings (SSSR count). The van der Waals surface area contributed by atoms with Gasteiger partial charge in [-0.1, -0.05) is 12.1 Å². The van der Waals surface area contributed by atoms with Crippen molar-refractivity contribution < 1.29 is 0 Å². The number of hydrogen-bond donors (Lipinski definition) is 3. The first kappa shape index (κ1) is 12.0. The van der Waals surface area contributed by atoms with Gasteiger partial charge < -0.3 is 15.7 Å². The summed E-state index contributed by atoms with van der Waals surface area (Å²) >= 11 is 0. The predicted octanol–water partition coefficient (Wildman–Crippen LogP) is 3.31. The van der Waals surface area contributed by atoms with E-state index in [0.29, 0.717) is 11.5 Å². The van der Waals surface area contributed by atoms with E-state index >= 15 is 0 Å². The number of nitrogen functional groups attached to an aromatic ring is 1. The number of rotatable bonds is 1. The Kier molecular flexibility index (Phi) is 2.33. The summed E-state index contributed by atoms with van der Waals surface area (Å²) in [5.41, 5.74) is 11.8. The van der Waals surface area contributed by atoms with Crippen molar-refractivity contribution in [3.8, 4) is 11.3 Å². The fourth-order valence-electron chi connectivity index (χ4n) is 2.72. The van der Waals surface area contributed by atoms with Crippen LogP contribution in [0.15, 0.2) is 30.3 Å². The summed E-state index contributed by atoms with van der Waals surface area (Å²) in [6.45, 7) is 4.00. The van der Waals surface area contributed by atoms with Crippen molar-refractivity contribution in [1.29, 1.82) is 0 Å². The summed E-state index contributed by atoms with van der Waals surface area (Å²) in [5.74, 6) is 1.30. The SMILES string of the molecule is Cc1ccc2cc(-c3cc(N)nc4nc(C)[nH]c34)[nH]c2c1. The number of H-pyrrole nitrogens is 2. The molecule has 5 nitrogen and oxygen atoms in total. The molecule has 3 aromatic heterocycles. The van der Waals surface area contributed by atoms with E-state index in [1.54, 1.807) is 0 Å². The van der Waals surface area contributed by atoms with E-state index < -0.39 is 0 Å². The van der Waals surface area contributed by atoms with Crippen molar-refractivity contribution in [2.45, 2.75) is 13.8 Å². The molecule has 5 heteroatoms. The second-order valence-electron chi connectivity index (χ2n) is 5.39. The molecule has 0 aliphatic carbocycles. The summed E-state index contributed by atoms with van der Waals surface area (Å²) in [4.78, 5) is 15.3. The van der Waals surface area contributed by atoms with Crippen molar-refractivity contribution in [1.82, 2.24) is 19.9 Å². The molecule has 0 amide bonds. The van der Waals surface area contributed by atoms with Gasteiger partial charge in [0, 0.05) is 22.2 Å². The Balaban J connectivity index is 2.03. The maximum absolute atomic E-state index is 5.91. The average Bonchev–Trinajstić information content (AvgIpc) is 2.99. The first-order valence-electron chi connectivity index (χ1n) is 6.83. The van der Waals surface area contributed by atoms with Crippen molar-refractivity contribution in [2.24, 2.45) is 0 Å². The van der Waals surface area contributed by atoms with Crippen LogP contribution >= 0.6 is 0 Å². The Labute approximate surface area is 121 Å². The summed E-state index contributed by atoms with van der Waals surface area (Å²) in [7, 11) is 0. The Morgan fingerprint density at radius 2 is 1.86 bits per heavy atom. The van der Waals surface area contributed by atoms with Gasteiger partial charge in [0.2, 0.25) is 0 Å². The Morgan fingerprint density at radius 1 is 1.00 bits per heavy atom. The number of aromatic amines is 2. The van der Waals surface area contributed by atoms with E-state index in [2.05, 4.69) is 51.1 Å². The van der Waals surface area contributed by atoms with Crippen LogP contribution in [0.25, 0.3) is 33.3 Å². The second kappa shape index (κ2) is 4.09. The number of nitrogens with zero attached hydrogens (tertiary/aromatic N) is 2. The zero-order valence-electron chi connectivity index (χ0n) is 11.9. The topological polar surface area (TPSA) is 83.4 Å². The van der Waals surface area contributed by atoms with Gasteiger partial charge in [0.05, 0.1) is 5.52 Å². The Hall–Kier alpha value is -2.82. The number of anilines is 1. The zero-order chi connectivity index (χ0) is 14.6. The van der Waals surface area contributed by atoms with Crippen molar-refractivity contribution in [3.05, 3.63) is 41.7 Å². The van der Waals surface area contributed by atoms with E-state index in [1.165, 1.54) is 10.9 Å². The molecular weight excluding hydrogens is 262 g/mol. The van der Waals surface area contributed by atoms with Gasteiger partial charge >= 0.3 is 0 Å². The number of nitrogens with two attached hydrogens (primary N) is 1. The normalized spacial score (nSPS) is 11.5. The van der Waals surface area contributed by atoms with E-state index in [-0.39, 0.29) is 0 Å². The number of aryl methyl sites for hydroxylation is 2. The van der Waals surface area contributed by atoms with Crippen LogP contribution < -0.4 is 5.73 Å². The largest absolute Gasteiger partial charge is 0.384 e. The van der Waals surface area contributed by atoms with Gasteiger partial charge in [-0.25, -0.2) is 9.97 Å². The molecule has 4 aromatic rings. The number of benzene rings is 1. The van der Waals surface area contributed by atoms with Gasteiger partial charge in [0.25, 0.3) is 0 Å². The van der Waals surface area contributed by atoms with Crippen LogP contribution in [0.2, 0.25) is 0 Å². The fraction of sp³-hybridized carbons (Fsp3) is 0.125. The molecular formula is C16H15N5. The highest BCUT2D eigenvalue weighted by Gasteiger charge is 2.12. The molecule has 0 atom stereocenters. The van der Waals surface area contributed by atoms with Crippen LogP contribution in [0.4, 0.5) is 5.82 Å². The number of pyridine rings is 1. The van der Waals surface area contributed by atoms with Gasteiger partial charge in [-0.3, -0.25) is 0 Å². The molecule has 3 heterocycles. The molecule has 0 saturated carbocycles. The molecule has 0 radical (unpaired) electrons. The number of nitrogens with one attached hydrogen (secondary N) is 2. The third-order valence-corrected chi connectivity index (χ3v) is 3.67. The van der Waals surface area contributed by atoms with Gasteiger partial charge in [-0.05, 0) is 37.6 Å². The van der Waals surface area contributed by atoms with Crippen molar-refractivity contribution in [2.75, 3.05) is 5.73 Å². The molecule has 0 aliphatic rings. The number of aromatic nitrogens is 4. The van der Waals surface area contributed by atoms with E-state index in [1.807, 2.05) is 13.0 Å². The monoisotopic (exact) mass is 277 g/mol. The van der Waals surface area contributed by atoms with Crippen LogP contribution in [0.1, 0.15) is 11.4 Å². The molecule has 0 spiro atoms. The molecule has 1 aromatic carbocycles. The van der Waals surface area contributed by atoms with Crippen LogP contribution in [0.3, 0.4) is 0 Å². The maximum atomic E-state index is 5.91. The molecule has 21 heavy (non-hydrogen) atoms. The summed E-state index contributed by atoms with van der Waals surface area (Å²) in [6, 6.07) is 10.4. The van der Waals surface area contributed by atoms with Crippen LogP contribution in [0.5, 0.6) is 0 Å². The molecule has 0 fully saturated rings. The highest BCUT2D eigenvalue weighted by molar-refractivity contribution is 5.95. The van der Waals surface area contributed by atoms with Crippen molar-refractivity contribution >= 4 is 27.9 Å². The van der Waals surface area contributed by atoms with Gasteiger partial charge in [0.15, 0.2) is 5.65 Å². The fourth-order valence-corrected chi connectivity index (χ4v) is 2.72.